The SMILES string of the molecule is CCN(Cc1ccc(C(N)=NO)cc1F)CC(C)(C)O. The monoisotopic (exact) mass is 283 g/mol. The minimum atomic E-state index is -0.833. The molecular weight excluding hydrogens is 261 g/mol. The normalized spacial score (nSPS) is 13.0. The number of amidine groups is 1. The molecule has 20 heavy (non-hydrogen) atoms. The summed E-state index contributed by atoms with van der Waals surface area (Å²) < 4.78 is 14.0. The highest BCUT2D eigenvalue weighted by Crippen LogP contribution is 2.15. The molecule has 0 radical (unpaired) electrons. The molecule has 0 bridgehead atoms. The number of hydrogen-bond acceptors (Lipinski definition) is 4. The van der Waals surface area contributed by atoms with Gasteiger partial charge in [0.05, 0.1) is 5.60 Å². The van der Waals surface area contributed by atoms with Gasteiger partial charge in [-0.05, 0) is 26.5 Å². The summed E-state index contributed by atoms with van der Waals surface area (Å²) in [6.45, 7) is 6.93. The fourth-order valence-corrected chi connectivity index (χ4v) is 1.96. The molecule has 0 atom stereocenters. The molecule has 5 nitrogen and oxygen atoms in total. The molecule has 0 fully saturated rings. The number of likely N-dealkylation sites (N-methyl/N-ethyl adjacent to an activating group) is 1. The van der Waals surface area contributed by atoms with Gasteiger partial charge < -0.3 is 16.0 Å². The summed E-state index contributed by atoms with van der Waals surface area (Å²) in [5, 5.41) is 21.2. The minimum Gasteiger partial charge on any atom is -0.409 e. The maximum atomic E-state index is 14.0. The Kier molecular flexibility index (Phi) is 5.47. The molecule has 0 aromatic heterocycles. The van der Waals surface area contributed by atoms with Crippen molar-refractivity contribution in [3.63, 3.8) is 0 Å². The number of rotatable bonds is 6. The van der Waals surface area contributed by atoms with E-state index in [0.717, 1.165) is 0 Å². The second-order valence-corrected chi connectivity index (χ2v) is 5.41. The Morgan fingerprint density at radius 3 is 2.55 bits per heavy atom. The molecule has 0 unspecified atom stereocenters. The van der Waals surface area contributed by atoms with Crippen LogP contribution in [0.4, 0.5) is 4.39 Å². The van der Waals surface area contributed by atoms with Crippen molar-refractivity contribution in [3.8, 4) is 0 Å². The average molecular weight is 283 g/mol. The van der Waals surface area contributed by atoms with Crippen LogP contribution in [0.3, 0.4) is 0 Å². The third-order valence-corrected chi connectivity index (χ3v) is 2.91. The summed E-state index contributed by atoms with van der Waals surface area (Å²) in [4.78, 5) is 1.95. The number of hydrogen-bond donors (Lipinski definition) is 3. The van der Waals surface area contributed by atoms with Crippen LogP contribution in [0.25, 0.3) is 0 Å². The third kappa shape index (κ3) is 4.79. The van der Waals surface area contributed by atoms with Crippen LogP contribution in [0.5, 0.6) is 0 Å². The van der Waals surface area contributed by atoms with Gasteiger partial charge in [0, 0.05) is 24.2 Å². The molecule has 0 aliphatic rings. The summed E-state index contributed by atoms with van der Waals surface area (Å²) in [6.07, 6.45) is 0. The molecule has 0 aliphatic carbocycles. The maximum absolute atomic E-state index is 14.0. The van der Waals surface area contributed by atoms with Gasteiger partial charge in [-0.15, -0.1) is 0 Å². The lowest BCUT2D eigenvalue weighted by atomic mass is 10.1. The van der Waals surface area contributed by atoms with E-state index in [9.17, 15) is 9.50 Å². The molecule has 1 rings (SSSR count). The van der Waals surface area contributed by atoms with Crippen molar-refractivity contribution in [3.05, 3.63) is 35.1 Å². The first-order chi connectivity index (χ1) is 9.26. The molecule has 0 heterocycles. The van der Waals surface area contributed by atoms with Gasteiger partial charge in [-0.25, -0.2) is 4.39 Å². The molecule has 0 saturated carbocycles. The predicted molar refractivity (Wildman–Crippen MR) is 76.2 cm³/mol. The lowest BCUT2D eigenvalue weighted by Gasteiger charge is -2.28. The van der Waals surface area contributed by atoms with E-state index in [1.54, 1.807) is 26.0 Å². The summed E-state index contributed by atoms with van der Waals surface area (Å²) in [6, 6.07) is 4.45. The summed E-state index contributed by atoms with van der Waals surface area (Å²) >= 11 is 0. The highest BCUT2D eigenvalue weighted by molar-refractivity contribution is 5.97. The molecule has 0 amide bonds. The highest BCUT2D eigenvalue weighted by atomic mass is 19.1. The lowest BCUT2D eigenvalue weighted by Crippen LogP contribution is -2.38. The van der Waals surface area contributed by atoms with E-state index in [-0.39, 0.29) is 5.84 Å². The van der Waals surface area contributed by atoms with Gasteiger partial charge in [0.15, 0.2) is 5.84 Å². The fourth-order valence-electron chi connectivity index (χ4n) is 1.96. The second kappa shape index (κ2) is 6.67. The van der Waals surface area contributed by atoms with Crippen molar-refractivity contribution < 1.29 is 14.7 Å². The van der Waals surface area contributed by atoms with Gasteiger partial charge >= 0.3 is 0 Å². The Morgan fingerprint density at radius 1 is 1.45 bits per heavy atom. The average Bonchev–Trinajstić information content (AvgIpc) is 2.37. The smallest absolute Gasteiger partial charge is 0.170 e. The number of nitrogens with zero attached hydrogens (tertiary/aromatic N) is 2. The quantitative estimate of drug-likeness (QED) is 0.320. The molecule has 6 heteroatoms. The van der Waals surface area contributed by atoms with Crippen LogP contribution in [0, 0.1) is 5.82 Å². The van der Waals surface area contributed by atoms with E-state index in [0.29, 0.717) is 30.8 Å². The van der Waals surface area contributed by atoms with Gasteiger partial charge in [-0.1, -0.05) is 24.2 Å². The molecule has 112 valence electrons. The van der Waals surface area contributed by atoms with Crippen LogP contribution in [0.2, 0.25) is 0 Å². The Labute approximate surface area is 118 Å². The van der Waals surface area contributed by atoms with Gasteiger partial charge in [-0.3, -0.25) is 4.90 Å². The van der Waals surface area contributed by atoms with E-state index in [4.69, 9.17) is 10.9 Å². The third-order valence-electron chi connectivity index (χ3n) is 2.91. The predicted octanol–water partition coefficient (Wildman–Crippen LogP) is 1.51. The Hall–Kier alpha value is -1.66. The van der Waals surface area contributed by atoms with Crippen molar-refractivity contribution in [2.24, 2.45) is 10.9 Å². The zero-order chi connectivity index (χ0) is 15.3. The molecule has 0 spiro atoms. The fraction of sp³-hybridized carbons (Fsp3) is 0.500. The Bertz CT molecular complexity index is 484. The van der Waals surface area contributed by atoms with E-state index in [1.165, 1.54) is 6.07 Å². The first kappa shape index (κ1) is 16.4. The first-order valence-electron chi connectivity index (χ1n) is 6.48. The van der Waals surface area contributed by atoms with E-state index in [2.05, 4.69) is 5.16 Å². The van der Waals surface area contributed by atoms with Crippen LogP contribution in [0.15, 0.2) is 23.4 Å². The zero-order valence-electron chi connectivity index (χ0n) is 12.1. The first-order valence-corrected chi connectivity index (χ1v) is 6.48. The lowest BCUT2D eigenvalue weighted by molar-refractivity contribution is 0.0350. The summed E-state index contributed by atoms with van der Waals surface area (Å²) in [7, 11) is 0. The van der Waals surface area contributed by atoms with Gasteiger partial charge in [0.2, 0.25) is 0 Å². The number of halogens is 1. The molecule has 1 aromatic carbocycles. The Morgan fingerprint density at radius 2 is 2.10 bits per heavy atom. The van der Waals surface area contributed by atoms with Crippen molar-refractivity contribution in [2.75, 3.05) is 13.1 Å². The highest BCUT2D eigenvalue weighted by Gasteiger charge is 2.18. The summed E-state index contributed by atoms with van der Waals surface area (Å²) in [5.41, 5.74) is 5.42. The van der Waals surface area contributed by atoms with Crippen LogP contribution in [0.1, 0.15) is 31.9 Å². The standard InChI is InChI=1S/C14H22FN3O2/c1-4-18(9-14(2,3)19)8-11-6-5-10(7-12(11)15)13(16)17-20/h5-7,19-20H,4,8-9H2,1-3H3,(H2,16,17). The van der Waals surface area contributed by atoms with Crippen LogP contribution < -0.4 is 5.73 Å². The maximum Gasteiger partial charge on any atom is 0.170 e. The van der Waals surface area contributed by atoms with E-state index >= 15 is 0 Å². The summed E-state index contributed by atoms with van der Waals surface area (Å²) in [5.74, 6) is -0.539. The van der Waals surface area contributed by atoms with Crippen LogP contribution in [-0.4, -0.2) is 39.7 Å². The molecule has 4 N–H and O–H groups in total. The number of aliphatic hydroxyl groups is 1. The number of nitrogens with two attached hydrogens (primary N) is 1. The van der Waals surface area contributed by atoms with E-state index < -0.39 is 11.4 Å². The van der Waals surface area contributed by atoms with Gasteiger partial charge in [0.25, 0.3) is 0 Å². The van der Waals surface area contributed by atoms with Gasteiger partial charge in [0.1, 0.15) is 5.82 Å². The Balaban J connectivity index is 2.87. The number of oxime groups is 1. The van der Waals surface area contributed by atoms with E-state index in [1.807, 2.05) is 11.8 Å². The van der Waals surface area contributed by atoms with Gasteiger partial charge in [-0.2, -0.15) is 0 Å². The topological polar surface area (TPSA) is 82.1 Å². The molecule has 0 aliphatic heterocycles. The molecular formula is C14H22FN3O2. The van der Waals surface area contributed by atoms with Crippen LogP contribution >= 0.6 is 0 Å². The minimum absolute atomic E-state index is 0.126. The van der Waals surface area contributed by atoms with Crippen molar-refractivity contribution in [2.45, 2.75) is 32.9 Å². The van der Waals surface area contributed by atoms with Crippen molar-refractivity contribution in [1.29, 1.82) is 0 Å². The zero-order valence-corrected chi connectivity index (χ0v) is 12.1. The molecule has 0 saturated heterocycles. The molecule has 1 aromatic rings. The number of benzene rings is 1. The largest absolute Gasteiger partial charge is 0.409 e. The van der Waals surface area contributed by atoms with Crippen LogP contribution in [-0.2, 0) is 6.54 Å². The van der Waals surface area contributed by atoms with Crippen molar-refractivity contribution in [1.82, 2.24) is 4.90 Å². The van der Waals surface area contributed by atoms with Crippen molar-refractivity contribution >= 4 is 5.84 Å². The second-order valence-electron chi connectivity index (χ2n) is 5.41.